The van der Waals surface area contributed by atoms with Gasteiger partial charge in [0.25, 0.3) is 11.8 Å². The van der Waals surface area contributed by atoms with Crippen LogP contribution in [0.15, 0.2) is 73.1 Å². The van der Waals surface area contributed by atoms with Crippen molar-refractivity contribution in [2.24, 2.45) is 0 Å². The van der Waals surface area contributed by atoms with Gasteiger partial charge in [0, 0.05) is 23.1 Å². The Morgan fingerprint density at radius 3 is 2.22 bits per heavy atom. The van der Waals surface area contributed by atoms with Gasteiger partial charge >= 0.3 is 0 Å². The Labute approximate surface area is 162 Å². The molecule has 3 rings (SSSR count). The number of hydrogen-bond acceptors (Lipinski definition) is 3. The molecule has 1 atom stereocenters. The highest BCUT2D eigenvalue weighted by atomic mass is 35.5. The highest BCUT2D eigenvalue weighted by molar-refractivity contribution is 6.30. The molecule has 2 amide bonds. The monoisotopic (exact) mass is 379 g/mol. The van der Waals surface area contributed by atoms with Gasteiger partial charge in [-0.15, -0.1) is 0 Å². The molecule has 0 saturated carbocycles. The summed E-state index contributed by atoms with van der Waals surface area (Å²) < 4.78 is 0. The quantitative estimate of drug-likeness (QED) is 0.686. The predicted molar refractivity (Wildman–Crippen MR) is 106 cm³/mol. The second kappa shape index (κ2) is 8.47. The van der Waals surface area contributed by atoms with E-state index in [-0.39, 0.29) is 17.9 Å². The number of pyridine rings is 1. The lowest BCUT2D eigenvalue weighted by Gasteiger charge is -2.14. The van der Waals surface area contributed by atoms with Crippen molar-refractivity contribution in [1.29, 1.82) is 0 Å². The number of anilines is 1. The van der Waals surface area contributed by atoms with Crippen molar-refractivity contribution >= 4 is 29.1 Å². The van der Waals surface area contributed by atoms with E-state index in [1.54, 1.807) is 24.3 Å². The molecule has 0 aliphatic carbocycles. The normalized spacial score (nSPS) is 11.5. The average molecular weight is 380 g/mol. The molecule has 1 unspecified atom stereocenters. The maximum Gasteiger partial charge on any atom is 0.257 e. The van der Waals surface area contributed by atoms with Gasteiger partial charge in [0.1, 0.15) is 0 Å². The molecular weight excluding hydrogens is 362 g/mol. The van der Waals surface area contributed by atoms with Crippen molar-refractivity contribution < 1.29 is 9.59 Å². The fraction of sp³-hybridized carbons (Fsp3) is 0.0952. The van der Waals surface area contributed by atoms with Crippen molar-refractivity contribution in [2.45, 2.75) is 13.0 Å². The standard InChI is InChI=1S/C21H18ClN3O2/c1-14(15-5-3-2-4-6-15)24-20(26)16-11-17(13-23-12-16)21(27)25-19-9-7-18(22)8-10-19/h2-14H,1H3,(H,24,26)(H,25,27). The summed E-state index contributed by atoms with van der Waals surface area (Å²) >= 11 is 5.84. The highest BCUT2D eigenvalue weighted by Gasteiger charge is 2.14. The third-order valence-corrected chi connectivity index (χ3v) is 4.26. The number of aromatic nitrogens is 1. The summed E-state index contributed by atoms with van der Waals surface area (Å²) in [7, 11) is 0. The molecule has 5 nitrogen and oxygen atoms in total. The first-order valence-electron chi connectivity index (χ1n) is 8.41. The molecule has 136 valence electrons. The number of rotatable bonds is 5. The smallest absolute Gasteiger partial charge is 0.257 e. The van der Waals surface area contributed by atoms with Gasteiger partial charge in [-0.2, -0.15) is 0 Å². The topological polar surface area (TPSA) is 71.1 Å². The van der Waals surface area contributed by atoms with E-state index in [1.165, 1.54) is 18.5 Å². The molecule has 0 aliphatic heterocycles. The summed E-state index contributed by atoms with van der Waals surface area (Å²) in [6.45, 7) is 1.90. The largest absolute Gasteiger partial charge is 0.345 e. The van der Waals surface area contributed by atoms with Crippen LogP contribution in [0.4, 0.5) is 5.69 Å². The van der Waals surface area contributed by atoms with Crippen LogP contribution in [-0.4, -0.2) is 16.8 Å². The van der Waals surface area contributed by atoms with Gasteiger partial charge in [-0.05, 0) is 42.8 Å². The number of nitrogens with one attached hydrogen (secondary N) is 2. The van der Waals surface area contributed by atoms with E-state index in [0.29, 0.717) is 21.8 Å². The molecule has 1 aromatic heterocycles. The van der Waals surface area contributed by atoms with E-state index in [4.69, 9.17) is 11.6 Å². The number of nitrogens with zero attached hydrogens (tertiary/aromatic N) is 1. The van der Waals surface area contributed by atoms with Gasteiger partial charge in [-0.3, -0.25) is 14.6 Å². The first-order valence-corrected chi connectivity index (χ1v) is 8.78. The van der Waals surface area contributed by atoms with E-state index in [2.05, 4.69) is 15.6 Å². The van der Waals surface area contributed by atoms with Gasteiger partial charge in [0.15, 0.2) is 0 Å². The lowest BCUT2D eigenvalue weighted by Crippen LogP contribution is -2.27. The molecule has 0 saturated heterocycles. The lowest BCUT2D eigenvalue weighted by atomic mass is 10.1. The Morgan fingerprint density at radius 1 is 0.926 bits per heavy atom. The van der Waals surface area contributed by atoms with Crippen LogP contribution in [-0.2, 0) is 0 Å². The maximum atomic E-state index is 12.5. The van der Waals surface area contributed by atoms with Crippen molar-refractivity contribution in [3.05, 3.63) is 94.8 Å². The molecule has 0 fully saturated rings. The number of benzene rings is 2. The van der Waals surface area contributed by atoms with Gasteiger partial charge in [-0.1, -0.05) is 41.9 Å². The first-order chi connectivity index (χ1) is 13.0. The highest BCUT2D eigenvalue weighted by Crippen LogP contribution is 2.15. The number of carbonyl (C=O) groups is 2. The summed E-state index contributed by atoms with van der Waals surface area (Å²) in [5, 5.41) is 6.24. The molecule has 0 radical (unpaired) electrons. The third kappa shape index (κ3) is 4.92. The number of hydrogen-bond donors (Lipinski definition) is 2. The molecule has 1 heterocycles. The minimum absolute atomic E-state index is 0.162. The molecule has 3 aromatic rings. The van der Waals surface area contributed by atoms with E-state index in [0.717, 1.165) is 5.56 Å². The molecule has 2 N–H and O–H groups in total. The second-order valence-electron chi connectivity index (χ2n) is 6.03. The summed E-state index contributed by atoms with van der Waals surface area (Å²) in [5.74, 6) is -0.643. The van der Waals surface area contributed by atoms with Crippen LogP contribution in [0.1, 0.15) is 39.2 Å². The molecule has 6 heteroatoms. The van der Waals surface area contributed by atoms with Gasteiger partial charge < -0.3 is 10.6 Å². The third-order valence-electron chi connectivity index (χ3n) is 4.01. The van der Waals surface area contributed by atoms with E-state index < -0.39 is 0 Å². The molecule has 0 aliphatic rings. The van der Waals surface area contributed by atoms with Crippen LogP contribution in [0.3, 0.4) is 0 Å². The van der Waals surface area contributed by atoms with E-state index >= 15 is 0 Å². The van der Waals surface area contributed by atoms with Crippen LogP contribution in [0, 0.1) is 0 Å². The minimum Gasteiger partial charge on any atom is -0.345 e. The van der Waals surface area contributed by atoms with Crippen molar-refractivity contribution in [1.82, 2.24) is 10.3 Å². The molecule has 0 spiro atoms. The number of carbonyl (C=O) groups excluding carboxylic acids is 2. The molecule has 27 heavy (non-hydrogen) atoms. The average Bonchev–Trinajstić information content (AvgIpc) is 2.70. The molecular formula is C21H18ClN3O2. The number of amides is 2. The van der Waals surface area contributed by atoms with Crippen molar-refractivity contribution in [2.75, 3.05) is 5.32 Å². The maximum absolute atomic E-state index is 12.5. The summed E-state index contributed by atoms with van der Waals surface area (Å²) in [5.41, 5.74) is 2.22. The van der Waals surface area contributed by atoms with Crippen molar-refractivity contribution in [3.63, 3.8) is 0 Å². The lowest BCUT2D eigenvalue weighted by molar-refractivity contribution is 0.0939. The van der Waals surface area contributed by atoms with Gasteiger partial charge in [0.05, 0.1) is 17.2 Å². The fourth-order valence-corrected chi connectivity index (χ4v) is 2.66. The van der Waals surface area contributed by atoms with Crippen LogP contribution < -0.4 is 10.6 Å². The first kappa shape index (κ1) is 18.6. The zero-order valence-electron chi connectivity index (χ0n) is 14.6. The molecule has 2 aromatic carbocycles. The summed E-state index contributed by atoms with van der Waals surface area (Å²) in [6.07, 6.45) is 2.86. The Bertz CT molecular complexity index is 943. The zero-order chi connectivity index (χ0) is 19.2. The fourth-order valence-electron chi connectivity index (χ4n) is 2.53. The Morgan fingerprint density at radius 2 is 1.56 bits per heavy atom. The van der Waals surface area contributed by atoms with Crippen molar-refractivity contribution in [3.8, 4) is 0 Å². The summed E-state index contributed by atoms with van der Waals surface area (Å²) in [4.78, 5) is 28.9. The van der Waals surface area contributed by atoms with Crippen LogP contribution >= 0.6 is 11.6 Å². The second-order valence-corrected chi connectivity index (χ2v) is 6.47. The predicted octanol–water partition coefficient (Wildman–Crippen LogP) is 4.48. The van der Waals surface area contributed by atoms with E-state index in [9.17, 15) is 9.59 Å². The van der Waals surface area contributed by atoms with E-state index in [1.807, 2.05) is 37.3 Å². The van der Waals surface area contributed by atoms with Crippen LogP contribution in [0.25, 0.3) is 0 Å². The molecule has 0 bridgehead atoms. The van der Waals surface area contributed by atoms with Gasteiger partial charge in [0.2, 0.25) is 0 Å². The summed E-state index contributed by atoms with van der Waals surface area (Å²) in [6, 6.07) is 17.8. The van der Waals surface area contributed by atoms with Crippen LogP contribution in [0.2, 0.25) is 5.02 Å². The van der Waals surface area contributed by atoms with Crippen LogP contribution in [0.5, 0.6) is 0 Å². The Kier molecular flexibility index (Phi) is 5.84. The van der Waals surface area contributed by atoms with Gasteiger partial charge in [-0.25, -0.2) is 0 Å². The minimum atomic E-state index is -0.351. The number of halogens is 1. The Balaban J connectivity index is 1.69. The Hall–Kier alpha value is -3.18. The SMILES string of the molecule is CC(NC(=O)c1cncc(C(=O)Nc2ccc(Cl)cc2)c1)c1ccccc1. The zero-order valence-corrected chi connectivity index (χ0v) is 15.4.